The van der Waals surface area contributed by atoms with E-state index < -0.39 is 10.3 Å². The quantitative estimate of drug-likeness (QED) is 0.501. The molecular formula is C16H22N4O4. The van der Waals surface area contributed by atoms with Crippen LogP contribution in [0.15, 0.2) is 18.2 Å². The first-order chi connectivity index (χ1) is 11.1. The van der Waals surface area contributed by atoms with Gasteiger partial charge >= 0.3 is 0 Å². The predicted octanol–water partition coefficient (Wildman–Crippen LogP) is 1.51. The Bertz CT molecular complexity index is 673. The minimum Gasteiger partial charge on any atom is -0.393 e. The summed E-state index contributed by atoms with van der Waals surface area (Å²) < 4.78 is 0. The third-order valence-electron chi connectivity index (χ3n) is 3.97. The Labute approximate surface area is 140 Å². The van der Waals surface area contributed by atoms with Crippen molar-refractivity contribution in [3.05, 3.63) is 33.9 Å². The van der Waals surface area contributed by atoms with Crippen molar-refractivity contribution in [1.82, 2.24) is 9.80 Å². The predicted molar refractivity (Wildman–Crippen MR) is 89.4 cm³/mol. The van der Waals surface area contributed by atoms with Crippen LogP contribution in [0.5, 0.6) is 0 Å². The van der Waals surface area contributed by atoms with E-state index in [4.69, 9.17) is 5.73 Å². The maximum atomic E-state index is 12.5. The lowest BCUT2D eigenvalue weighted by Gasteiger charge is -2.37. The van der Waals surface area contributed by atoms with E-state index in [1.165, 1.54) is 18.2 Å². The summed E-state index contributed by atoms with van der Waals surface area (Å²) in [4.78, 5) is 38.5. The number of nitrogens with zero attached hydrogens (tertiary/aromatic N) is 3. The maximum Gasteiger partial charge on any atom is 0.292 e. The highest BCUT2D eigenvalue weighted by Crippen LogP contribution is 2.24. The highest BCUT2D eigenvalue weighted by atomic mass is 16.6. The van der Waals surface area contributed by atoms with E-state index in [2.05, 4.69) is 0 Å². The number of piperazine rings is 1. The number of anilines is 1. The molecule has 0 aliphatic carbocycles. The lowest BCUT2D eigenvalue weighted by molar-refractivity contribution is -0.383. The molecule has 0 spiro atoms. The third-order valence-corrected chi connectivity index (χ3v) is 3.97. The van der Waals surface area contributed by atoms with E-state index in [-0.39, 0.29) is 28.8 Å². The average Bonchev–Trinajstić information content (AvgIpc) is 2.53. The number of nitro groups is 1. The lowest BCUT2D eigenvalue weighted by Crippen LogP contribution is -2.53. The zero-order valence-electron chi connectivity index (χ0n) is 14.1. The topological polar surface area (TPSA) is 110 Å². The molecule has 1 heterocycles. The molecule has 1 saturated heterocycles. The summed E-state index contributed by atoms with van der Waals surface area (Å²) in [6.07, 6.45) is 0. The fraction of sp³-hybridized carbons (Fsp3) is 0.500. The van der Waals surface area contributed by atoms with Gasteiger partial charge in [-0.25, -0.2) is 0 Å². The van der Waals surface area contributed by atoms with Gasteiger partial charge in [0.2, 0.25) is 5.91 Å². The standard InChI is InChI=1S/C16H22N4O4/c1-16(2,3)15(22)19-8-6-18(7-9-19)14(21)11-4-5-12(17)13(10-11)20(23)24/h4-5,10H,6-9,17H2,1-3H3. The number of hydrogen-bond donors (Lipinski definition) is 1. The van der Waals surface area contributed by atoms with E-state index in [0.717, 1.165) is 0 Å². The summed E-state index contributed by atoms with van der Waals surface area (Å²) in [6.45, 7) is 7.30. The van der Waals surface area contributed by atoms with E-state index in [9.17, 15) is 19.7 Å². The van der Waals surface area contributed by atoms with Crippen LogP contribution in [-0.4, -0.2) is 52.7 Å². The summed E-state index contributed by atoms with van der Waals surface area (Å²) in [5, 5.41) is 10.9. The molecule has 24 heavy (non-hydrogen) atoms. The van der Waals surface area contributed by atoms with Crippen molar-refractivity contribution in [1.29, 1.82) is 0 Å². The molecule has 1 aromatic rings. The molecule has 2 amide bonds. The number of carbonyl (C=O) groups excluding carboxylic acids is 2. The zero-order chi connectivity index (χ0) is 18.1. The molecule has 8 nitrogen and oxygen atoms in total. The molecule has 1 aliphatic heterocycles. The van der Waals surface area contributed by atoms with E-state index >= 15 is 0 Å². The van der Waals surface area contributed by atoms with E-state index in [0.29, 0.717) is 26.2 Å². The van der Waals surface area contributed by atoms with Gasteiger partial charge < -0.3 is 15.5 Å². The van der Waals surface area contributed by atoms with Crippen LogP contribution in [-0.2, 0) is 4.79 Å². The van der Waals surface area contributed by atoms with Crippen molar-refractivity contribution >= 4 is 23.2 Å². The van der Waals surface area contributed by atoms with Crippen LogP contribution < -0.4 is 5.73 Å². The van der Waals surface area contributed by atoms with Gasteiger partial charge in [-0.2, -0.15) is 0 Å². The molecule has 0 aromatic heterocycles. The minimum absolute atomic E-state index is 0.0251. The number of benzene rings is 1. The van der Waals surface area contributed by atoms with Gasteiger partial charge in [-0.3, -0.25) is 19.7 Å². The molecule has 0 atom stereocenters. The van der Waals surface area contributed by atoms with Crippen LogP contribution in [0.1, 0.15) is 31.1 Å². The second-order valence-electron chi connectivity index (χ2n) is 6.87. The van der Waals surface area contributed by atoms with Crippen LogP contribution in [0.4, 0.5) is 11.4 Å². The van der Waals surface area contributed by atoms with Gasteiger partial charge in [0.05, 0.1) is 4.92 Å². The number of nitrogens with two attached hydrogens (primary N) is 1. The molecule has 2 rings (SSSR count). The summed E-state index contributed by atoms with van der Waals surface area (Å²) >= 11 is 0. The first-order valence-corrected chi connectivity index (χ1v) is 7.74. The first kappa shape index (κ1) is 17.7. The summed E-state index contributed by atoms with van der Waals surface area (Å²) in [7, 11) is 0. The molecular weight excluding hydrogens is 312 g/mol. The SMILES string of the molecule is CC(C)(C)C(=O)N1CCN(C(=O)c2ccc(N)c([N+](=O)[O-])c2)CC1. The van der Waals surface area contributed by atoms with Gasteiger partial charge in [0.15, 0.2) is 0 Å². The molecule has 1 aliphatic rings. The van der Waals surface area contributed by atoms with Crippen LogP contribution in [0, 0.1) is 15.5 Å². The van der Waals surface area contributed by atoms with E-state index in [1.807, 2.05) is 20.8 Å². The highest BCUT2D eigenvalue weighted by molar-refractivity contribution is 5.96. The van der Waals surface area contributed by atoms with Crippen molar-refractivity contribution in [2.45, 2.75) is 20.8 Å². The lowest BCUT2D eigenvalue weighted by atomic mass is 9.94. The number of carbonyl (C=O) groups is 2. The number of nitrogen functional groups attached to an aromatic ring is 1. The van der Waals surface area contributed by atoms with Crippen molar-refractivity contribution in [2.24, 2.45) is 5.41 Å². The Kier molecular flexibility index (Phi) is 4.77. The van der Waals surface area contributed by atoms with Gasteiger partial charge in [-0.1, -0.05) is 20.8 Å². The summed E-state index contributed by atoms with van der Waals surface area (Å²) in [6, 6.07) is 4.05. The zero-order valence-corrected chi connectivity index (χ0v) is 14.1. The van der Waals surface area contributed by atoms with Crippen LogP contribution in [0.2, 0.25) is 0 Å². The molecule has 0 unspecified atom stereocenters. The Hall–Kier alpha value is -2.64. The van der Waals surface area contributed by atoms with Gasteiger partial charge in [0.25, 0.3) is 11.6 Å². The van der Waals surface area contributed by atoms with Crippen molar-refractivity contribution in [3.63, 3.8) is 0 Å². The fourth-order valence-corrected chi connectivity index (χ4v) is 2.60. The number of hydrogen-bond acceptors (Lipinski definition) is 5. The van der Waals surface area contributed by atoms with E-state index in [1.54, 1.807) is 9.80 Å². The van der Waals surface area contributed by atoms with Crippen LogP contribution in [0.25, 0.3) is 0 Å². The van der Waals surface area contributed by atoms with Gasteiger partial charge in [-0.05, 0) is 12.1 Å². The third kappa shape index (κ3) is 3.64. The number of amides is 2. The molecule has 8 heteroatoms. The average molecular weight is 334 g/mol. The Morgan fingerprint density at radius 2 is 1.67 bits per heavy atom. The molecule has 0 radical (unpaired) electrons. The van der Waals surface area contributed by atoms with Gasteiger partial charge in [-0.15, -0.1) is 0 Å². The van der Waals surface area contributed by atoms with Crippen molar-refractivity contribution < 1.29 is 14.5 Å². The molecule has 130 valence electrons. The Morgan fingerprint density at radius 3 is 2.17 bits per heavy atom. The Morgan fingerprint density at radius 1 is 1.12 bits per heavy atom. The second kappa shape index (κ2) is 6.46. The van der Waals surface area contributed by atoms with Crippen LogP contribution in [0.3, 0.4) is 0 Å². The molecule has 1 fully saturated rings. The number of nitro benzene ring substituents is 1. The molecule has 1 aromatic carbocycles. The maximum absolute atomic E-state index is 12.5. The first-order valence-electron chi connectivity index (χ1n) is 7.74. The van der Waals surface area contributed by atoms with Crippen LogP contribution >= 0.6 is 0 Å². The minimum atomic E-state index is -0.605. The van der Waals surface area contributed by atoms with Crippen molar-refractivity contribution in [3.8, 4) is 0 Å². The van der Waals surface area contributed by atoms with Crippen molar-refractivity contribution in [2.75, 3.05) is 31.9 Å². The molecule has 0 bridgehead atoms. The fourth-order valence-electron chi connectivity index (χ4n) is 2.60. The normalized spacial score (nSPS) is 15.3. The second-order valence-corrected chi connectivity index (χ2v) is 6.87. The summed E-state index contributed by atoms with van der Waals surface area (Å²) in [5.41, 5.74) is 5.07. The summed E-state index contributed by atoms with van der Waals surface area (Å²) in [5.74, 6) is -0.237. The largest absolute Gasteiger partial charge is 0.393 e. The highest BCUT2D eigenvalue weighted by Gasteiger charge is 2.31. The smallest absolute Gasteiger partial charge is 0.292 e. The van der Waals surface area contributed by atoms with Gasteiger partial charge in [0, 0.05) is 43.2 Å². The molecule has 0 saturated carbocycles. The number of rotatable bonds is 2. The van der Waals surface area contributed by atoms with Gasteiger partial charge in [0.1, 0.15) is 5.69 Å². The molecule has 2 N–H and O–H groups in total. The Balaban J connectivity index is 2.07. The monoisotopic (exact) mass is 334 g/mol.